The molecule has 0 atom stereocenters. The minimum atomic E-state index is -3.82. The lowest BCUT2D eigenvalue weighted by atomic mass is 10.1. The fourth-order valence-corrected chi connectivity index (χ4v) is 5.59. The van der Waals surface area contributed by atoms with E-state index in [1.165, 1.54) is 6.08 Å². The second-order valence-electron chi connectivity index (χ2n) is 8.52. The van der Waals surface area contributed by atoms with Crippen molar-refractivity contribution in [2.75, 3.05) is 44.2 Å². The fraction of sp³-hybridized carbons (Fsp3) is 0.269. The molecule has 1 aliphatic heterocycles. The molecule has 36 heavy (non-hydrogen) atoms. The van der Waals surface area contributed by atoms with E-state index in [1.807, 2.05) is 43.3 Å². The average molecular weight is 526 g/mol. The lowest BCUT2D eigenvalue weighted by molar-refractivity contribution is -0.131. The number of piperazine rings is 1. The molecule has 0 aliphatic carbocycles. The summed E-state index contributed by atoms with van der Waals surface area (Å²) in [4.78, 5) is 16.9. The van der Waals surface area contributed by atoms with Gasteiger partial charge in [0.15, 0.2) is 5.82 Å². The number of carbonyl (C=O) groups is 1. The van der Waals surface area contributed by atoms with Gasteiger partial charge in [-0.3, -0.25) is 4.79 Å². The summed E-state index contributed by atoms with van der Waals surface area (Å²) in [6.45, 7) is 7.41. The van der Waals surface area contributed by atoms with Crippen LogP contribution in [0, 0.1) is 6.92 Å². The standard InChI is InChI=1S/C26H28ClN5O3S/c1-3-14-32(36(34,35)21-10-8-20(2)9-11-21)19-26(33)31-17-15-30(16-18-31)25-13-12-24(28-29-25)22-6-4-5-7-23(22)27/h3-13H,1,14-19H2,2H3. The Balaban J connectivity index is 1.38. The molecule has 4 rings (SSSR count). The highest BCUT2D eigenvalue weighted by Crippen LogP contribution is 2.26. The van der Waals surface area contributed by atoms with E-state index in [0.29, 0.717) is 42.7 Å². The molecule has 1 aliphatic rings. The van der Waals surface area contributed by atoms with E-state index in [9.17, 15) is 13.2 Å². The van der Waals surface area contributed by atoms with Gasteiger partial charge < -0.3 is 9.80 Å². The normalized spacial score (nSPS) is 14.2. The largest absolute Gasteiger partial charge is 0.352 e. The Bertz CT molecular complexity index is 1320. The highest BCUT2D eigenvalue weighted by Gasteiger charge is 2.29. The molecule has 2 heterocycles. The molecule has 0 N–H and O–H groups in total. The molecule has 1 fully saturated rings. The number of sulfonamides is 1. The maximum Gasteiger partial charge on any atom is 0.243 e. The first-order valence-electron chi connectivity index (χ1n) is 11.6. The maximum atomic E-state index is 13.1. The van der Waals surface area contributed by atoms with Gasteiger partial charge >= 0.3 is 0 Å². The van der Waals surface area contributed by atoms with E-state index in [1.54, 1.807) is 29.2 Å². The molecule has 8 nitrogen and oxygen atoms in total. The minimum Gasteiger partial charge on any atom is -0.352 e. The fourth-order valence-electron chi connectivity index (χ4n) is 3.99. The molecule has 10 heteroatoms. The topological polar surface area (TPSA) is 86.7 Å². The number of carbonyl (C=O) groups excluding carboxylic acids is 1. The first-order chi connectivity index (χ1) is 17.3. The predicted molar refractivity (Wildman–Crippen MR) is 141 cm³/mol. The van der Waals surface area contributed by atoms with Crippen LogP contribution in [0.4, 0.5) is 5.82 Å². The number of halogens is 1. The molecule has 0 unspecified atom stereocenters. The summed E-state index contributed by atoms with van der Waals surface area (Å²) in [5.41, 5.74) is 2.47. The van der Waals surface area contributed by atoms with E-state index >= 15 is 0 Å². The van der Waals surface area contributed by atoms with Crippen molar-refractivity contribution in [2.45, 2.75) is 11.8 Å². The van der Waals surface area contributed by atoms with Crippen molar-refractivity contribution in [3.05, 3.63) is 83.9 Å². The van der Waals surface area contributed by atoms with E-state index in [-0.39, 0.29) is 23.9 Å². The third-order valence-corrected chi connectivity index (χ3v) is 8.22. The molecule has 0 spiro atoms. The second kappa shape index (κ2) is 11.2. The van der Waals surface area contributed by atoms with E-state index in [4.69, 9.17) is 11.6 Å². The Kier molecular flexibility index (Phi) is 8.03. The van der Waals surface area contributed by atoms with Gasteiger partial charge in [0.25, 0.3) is 0 Å². The van der Waals surface area contributed by atoms with Crippen LogP contribution in [-0.4, -0.2) is 73.0 Å². The monoisotopic (exact) mass is 525 g/mol. The molecule has 2 aromatic carbocycles. The van der Waals surface area contributed by atoms with Crippen molar-refractivity contribution >= 4 is 33.3 Å². The second-order valence-corrected chi connectivity index (χ2v) is 10.9. The Morgan fingerprint density at radius 1 is 1.03 bits per heavy atom. The Labute approximate surface area is 216 Å². The van der Waals surface area contributed by atoms with Crippen LogP contribution in [0.5, 0.6) is 0 Å². The Morgan fingerprint density at radius 3 is 2.33 bits per heavy atom. The van der Waals surface area contributed by atoms with E-state index in [0.717, 1.165) is 15.4 Å². The van der Waals surface area contributed by atoms with Gasteiger partial charge in [0.1, 0.15) is 0 Å². The number of nitrogens with zero attached hydrogens (tertiary/aromatic N) is 5. The van der Waals surface area contributed by atoms with Crippen LogP contribution >= 0.6 is 11.6 Å². The van der Waals surface area contributed by atoms with Crippen LogP contribution in [-0.2, 0) is 14.8 Å². The van der Waals surface area contributed by atoms with Crippen molar-refractivity contribution in [3.8, 4) is 11.3 Å². The number of aryl methyl sites for hydroxylation is 1. The molecule has 1 amide bonds. The maximum absolute atomic E-state index is 13.1. The van der Waals surface area contributed by atoms with Crippen LogP contribution in [0.3, 0.4) is 0 Å². The number of hydrogen-bond acceptors (Lipinski definition) is 6. The van der Waals surface area contributed by atoms with Crippen molar-refractivity contribution < 1.29 is 13.2 Å². The van der Waals surface area contributed by atoms with Crippen LogP contribution in [0.25, 0.3) is 11.3 Å². The lowest BCUT2D eigenvalue weighted by Gasteiger charge is -2.36. The summed E-state index contributed by atoms with van der Waals surface area (Å²) in [7, 11) is -3.82. The van der Waals surface area contributed by atoms with Gasteiger partial charge in [0.05, 0.1) is 22.2 Å². The Morgan fingerprint density at radius 2 is 1.72 bits per heavy atom. The minimum absolute atomic E-state index is 0.0509. The lowest BCUT2D eigenvalue weighted by Crippen LogP contribution is -2.52. The first-order valence-corrected chi connectivity index (χ1v) is 13.4. The van der Waals surface area contributed by atoms with Crippen molar-refractivity contribution in [1.29, 1.82) is 0 Å². The highest BCUT2D eigenvalue weighted by molar-refractivity contribution is 7.89. The summed E-state index contributed by atoms with van der Waals surface area (Å²) >= 11 is 6.26. The zero-order chi connectivity index (χ0) is 25.7. The van der Waals surface area contributed by atoms with E-state index < -0.39 is 10.0 Å². The summed E-state index contributed by atoms with van der Waals surface area (Å²) in [6, 6.07) is 17.8. The summed E-state index contributed by atoms with van der Waals surface area (Å²) in [5.74, 6) is 0.473. The van der Waals surface area contributed by atoms with Gasteiger partial charge in [-0.1, -0.05) is 53.6 Å². The van der Waals surface area contributed by atoms with Gasteiger partial charge in [-0.05, 0) is 37.3 Å². The average Bonchev–Trinajstić information content (AvgIpc) is 2.89. The van der Waals surface area contributed by atoms with Crippen molar-refractivity contribution in [1.82, 2.24) is 19.4 Å². The molecule has 1 aromatic heterocycles. The number of hydrogen-bond donors (Lipinski definition) is 0. The molecule has 188 valence electrons. The van der Waals surface area contributed by atoms with E-state index in [2.05, 4.69) is 21.7 Å². The summed E-state index contributed by atoms with van der Waals surface area (Å²) in [6.07, 6.45) is 1.49. The molecule has 1 saturated heterocycles. The molecular weight excluding hydrogens is 498 g/mol. The van der Waals surface area contributed by atoms with Gasteiger partial charge in [0.2, 0.25) is 15.9 Å². The van der Waals surface area contributed by atoms with Gasteiger partial charge in [0, 0.05) is 38.3 Å². The summed E-state index contributed by atoms with van der Waals surface area (Å²) in [5, 5.41) is 9.28. The molecule has 3 aromatic rings. The highest BCUT2D eigenvalue weighted by atomic mass is 35.5. The predicted octanol–water partition coefficient (Wildman–Crippen LogP) is 3.63. The number of benzene rings is 2. The molecule has 0 bridgehead atoms. The number of aromatic nitrogens is 2. The SMILES string of the molecule is C=CCN(CC(=O)N1CCN(c2ccc(-c3ccccc3Cl)nn2)CC1)S(=O)(=O)c1ccc(C)cc1. The van der Waals surface area contributed by atoms with Gasteiger partial charge in [-0.15, -0.1) is 16.8 Å². The van der Waals surface area contributed by atoms with Crippen LogP contribution in [0.15, 0.2) is 78.2 Å². The smallest absolute Gasteiger partial charge is 0.243 e. The zero-order valence-electron chi connectivity index (χ0n) is 20.0. The van der Waals surface area contributed by atoms with Crippen LogP contribution in [0.2, 0.25) is 5.02 Å². The quantitative estimate of drug-likeness (QED) is 0.417. The first kappa shape index (κ1) is 25.8. The molecule has 0 saturated carbocycles. The van der Waals surface area contributed by atoms with Crippen molar-refractivity contribution in [3.63, 3.8) is 0 Å². The van der Waals surface area contributed by atoms with Crippen LogP contribution < -0.4 is 4.90 Å². The van der Waals surface area contributed by atoms with Crippen LogP contribution in [0.1, 0.15) is 5.56 Å². The number of rotatable bonds is 8. The number of amides is 1. The Hall–Kier alpha value is -3.27. The van der Waals surface area contributed by atoms with Crippen molar-refractivity contribution in [2.24, 2.45) is 0 Å². The molecular formula is C26H28ClN5O3S. The third kappa shape index (κ3) is 5.75. The van der Waals surface area contributed by atoms with Gasteiger partial charge in [-0.25, -0.2) is 8.42 Å². The molecule has 0 radical (unpaired) electrons. The third-order valence-electron chi connectivity index (χ3n) is 6.06. The zero-order valence-corrected chi connectivity index (χ0v) is 21.6. The van der Waals surface area contributed by atoms with Gasteiger partial charge in [-0.2, -0.15) is 4.31 Å². The summed E-state index contributed by atoms with van der Waals surface area (Å²) < 4.78 is 27.4. The number of anilines is 1.